The van der Waals surface area contributed by atoms with Gasteiger partial charge in [0.15, 0.2) is 5.78 Å². The second kappa shape index (κ2) is 7.47. The second-order valence-electron chi connectivity index (χ2n) is 4.34. The lowest BCUT2D eigenvalue weighted by atomic mass is 9.99. The van der Waals surface area contributed by atoms with Crippen molar-refractivity contribution in [1.29, 1.82) is 0 Å². The van der Waals surface area contributed by atoms with Crippen molar-refractivity contribution in [2.24, 2.45) is 0 Å². The fourth-order valence-electron chi connectivity index (χ4n) is 1.99. The second-order valence-corrected chi connectivity index (χ2v) is 5.45. The van der Waals surface area contributed by atoms with Crippen LogP contribution in [0.1, 0.15) is 41.8 Å². The fourth-order valence-corrected chi connectivity index (χ4v) is 2.76. The van der Waals surface area contributed by atoms with E-state index in [1.54, 1.807) is 11.8 Å². The molecule has 100 valence electrons. The Hall–Kier alpha value is -0.960. The molecular weight excluding hydrogens is 244 g/mol. The Morgan fingerprint density at radius 3 is 2.33 bits per heavy atom. The summed E-state index contributed by atoms with van der Waals surface area (Å²) in [4.78, 5) is 12.2. The molecule has 0 heterocycles. The van der Waals surface area contributed by atoms with E-state index in [0.717, 1.165) is 34.6 Å². The molecule has 0 saturated carbocycles. The topological polar surface area (TPSA) is 26.3 Å². The smallest absolute Gasteiger partial charge is 0.173 e. The highest BCUT2D eigenvalue weighted by Crippen LogP contribution is 2.23. The van der Waals surface area contributed by atoms with E-state index in [4.69, 9.17) is 4.74 Å². The number of carbonyl (C=O) groups excluding carboxylic acids is 1. The predicted octanol–water partition coefficient (Wildman–Crippen LogP) is 4.03. The molecule has 0 spiro atoms. The Morgan fingerprint density at radius 2 is 1.83 bits per heavy atom. The number of thioether (sulfide) groups is 1. The van der Waals surface area contributed by atoms with Gasteiger partial charge in [0.2, 0.25) is 0 Å². The van der Waals surface area contributed by atoms with Crippen molar-refractivity contribution in [2.75, 3.05) is 18.1 Å². The molecule has 0 radical (unpaired) electrons. The van der Waals surface area contributed by atoms with Gasteiger partial charge in [-0.05, 0) is 56.2 Å². The SMILES string of the molecule is CCCSCC(=O)c1c(C)cc(OCC)cc1C. The molecule has 0 fully saturated rings. The highest BCUT2D eigenvalue weighted by Gasteiger charge is 2.13. The highest BCUT2D eigenvalue weighted by atomic mass is 32.2. The van der Waals surface area contributed by atoms with Crippen LogP contribution < -0.4 is 4.74 Å². The van der Waals surface area contributed by atoms with Crippen LogP contribution in [0.4, 0.5) is 0 Å². The number of rotatable bonds is 7. The molecule has 0 aliphatic carbocycles. The quantitative estimate of drug-likeness (QED) is 0.550. The van der Waals surface area contributed by atoms with Gasteiger partial charge in [0.25, 0.3) is 0 Å². The van der Waals surface area contributed by atoms with Gasteiger partial charge in [0, 0.05) is 5.56 Å². The summed E-state index contributed by atoms with van der Waals surface area (Å²) in [6, 6.07) is 3.91. The maximum Gasteiger partial charge on any atom is 0.173 e. The van der Waals surface area contributed by atoms with Gasteiger partial charge < -0.3 is 4.74 Å². The van der Waals surface area contributed by atoms with Crippen LogP contribution in [0, 0.1) is 13.8 Å². The van der Waals surface area contributed by atoms with Crippen molar-refractivity contribution >= 4 is 17.5 Å². The molecule has 0 aromatic heterocycles. The number of Topliss-reactive ketones (excluding diaryl/α,β-unsaturated/α-hetero) is 1. The predicted molar refractivity (Wildman–Crippen MR) is 79.0 cm³/mol. The van der Waals surface area contributed by atoms with Crippen molar-refractivity contribution in [1.82, 2.24) is 0 Å². The van der Waals surface area contributed by atoms with Crippen LogP contribution in [0.15, 0.2) is 12.1 Å². The summed E-state index contributed by atoms with van der Waals surface area (Å²) in [7, 11) is 0. The summed E-state index contributed by atoms with van der Waals surface area (Å²) < 4.78 is 5.48. The fraction of sp³-hybridized carbons (Fsp3) is 0.533. The zero-order valence-electron chi connectivity index (χ0n) is 11.7. The van der Waals surface area contributed by atoms with E-state index >= 15 is 0 Å². The first-order valence-electron chi connectivity index (χ1n) is 6.45. The Bertz CT molecular complexity index is 390. The monoisotopic (exact) mass is 266 g/mol. The van der Waals surface area contributed by atoms with Crippen LogP contribution in [-0.4, -0.2) is 23.9 Å². The Balaban J connectivity index is 2.85. The van der Waals surface area contributed by atoms with Crippen LogP contribution >= 0.6 is 11.8 Å². The third-order valence-electron chi connectivity index (χ3n) is 2.68. The van der Waals surface area contributed by atoms with E-state index in [1.165, 1.54) is 0 Å². The molecule has 1 aromatic rings. The summed E-state index contributed by atoms with van der Waals surface area (Å²) in [5, 5.41) is 0. The average Bonchev–Trinajstić information content (AvgIpc) is 2.28. The number of hydrogen-bond donors (Lipinski definition) is 0. The number of carbonyl (C=O) groups is 1. The molecule has 0 unspecified atom stereocenters. The third kappa shape index (κ3) is 4.05. The molecule has 3 heteroatoms. The van der Waals surface area contributed by atoms with E-state index in [0.29, 0.717) is 12.4 Å². The van der Waals surface area contributed by atoms with Crippen LogP contribution in [-0.2, 0) is 0 Å². The van der Waals surface area contributed by atoms with E-state index in [9.17, 15) is 4.79 Å². The molecule has 0 saturated heterocycles. The summed E-state index contributed by atoms with van der Waals surface area (Å²) in [6.07, 6.45) is 1.11. The molecular formula is C15H22O2S. The Kier molecular flexibility index (Phi) is 6.27. The van der Waals surface area contributed by atoms with E-state index < -0.39 is 0 Å². The number of hydrogen-bond acceptors (Lipinski definition) is 3. The van der Waals surface area contributed by atoms with Crippen molar-refractivity contribution in [3.8, 4) is 5.75 Å². The number of aryl methyl sites for hydroxylation is 2. The minimum absolute atomic E-state index is 0.228. The lowest BCUT2D eigenvalue weighted by molar-refractivity contribution is 0.102. The van der Waals surface area contributed by atoms with Gasteiger partial charge in [-0.15, -0.1) is 0 Å². The Morgan fingerprint density at radius 1 is 1.22 bits per heavy atom. The number of ether oxygens (including phenoxy) is 1. The van der Waals surface area contributed by atoms with E-state index in [-0.39, 0.29) is 5.78 Å². The van der Waals surface area contributed by atoms with Crippen LogP contribution in [0.25, 0.3) is 0 Å². The summed E-state index contributed by atoms with van der Waals surface area (Å²) in [5.74, 6) is 2.70. The molecule has 1 rings (SSSR count). The van der Waals surface area contributed by atoms with Gasteiger partial charge in [0.1, 0.15) is 5.75 Å². The normalized spacial score (nSPS) is 10.4. The summed E-state index contributed by atoms with van der Waals surface area (Å²) in [6.45, 7) is 8.70. The lowest BCUT2D eigenvalue weighted by Gasteiger charge is -2.12. The maximum absolute atomic E-state index is 12.2. The standard InChI is InChI=1S/C15H22O2S/c1-5-7-18-10-14(16)15-11(3)8-13(17-6-2)9-12(15)4/h8-9H,5-7,10H2,1-4H3. The van der Waals surface area contributed by atoms with Crippen LogP contribution in [0.3, 0.4) is 0 Å². The summed E-state index contributed by atoms with van der Waals surface area (Å²) >= 11 is 1.71. The van der Waals surface area contributed by atoms with Crippen LogP contribution in [0.2, 0.25) is 0 Å². The average molecular weight is 266 g/mol. The first kappa shape index (κ1) is 15.1. The first-order chi connectivity index (χ1) is 8.60. The largest absolute Gasteiger partial charge is 0.494 e. The minimum atomic E-state index is 0.228. The van der Waals surface area contributed by atoms with E-state index in [2.05, 4.69) is 6.92 Å². The molecule has 2 nitrogen and oxygen atoms in total. The van der Waals surface area contributed by atoms with Crippen molar-refractivity contribution in [3.05, 3.63) is 28.8 Å². The molecule has 1 aromatic carbocycles. The number of benzene rings is 1. The minimum Gasteiger partial charge on any atom is -0.494 e. The van der Waals surface area contributed by atoms with Crippen molar-refractivity contribution < 1.29 is 9.53 Å². The van der Waals surface area contributed by atoms with Gasteiger partial charge in [-0.25, -0.2) is 0 Å². The van der Waals surface area contributed by atoms with Gasteiger partial charge >= 0.3 is 0 Å². The number of ketones is 1. The first-order valence-corrected chi connectivity index (χ1v) is 7.60. The van der Waals surface area contributed by atoms with E-state index in [1.807, 2.05) is 32.9 Å². The molecule has 18 heavy (non-hydrogen) atoms. The third-order valence-corrected chi connectivity index (χ3v) is 3.84. The van der Waals surface area contributed by atoms with Gasteiger partial charge in [0.05, 0.1) is 12.4 Å². The van der Waals surface area contributed by atoms with Gasteiger partial charge in [-0.1, -0.05) is 6.92 Å². The van der Waals surface area contributed by atoms with Gasteiger partial charge in [-0.3, -0.25) is 4.79 Å². The summed E-state index contributed by atoms with van der Waals surface area (Å²) in [5.41, 5.74) is 2.89. The molecule has 0 N–H and O–H groups in total. The van der Waals surface area contributed by atoms with Crippen molar-refractivity contribution in [2.45, 2.75) is 34.1 Å². The van der Waals surface area contributed by atoms with Gasteiger partial charge in [-0.2, -0.15) is 11.8 Å². The maximum atomic E-state index is 12.2. The molecule has 0 amide bonds. The lowest BCUT2D eigenvalue weighted by Crippen LogP contribution is -2.08. The van der Waals surface area contributed by atoms with Crippen molar-refractivity contribution in [3.63, 3.8) is 0 Å². The zero-order valence-corrected chi connectivity index (χ0v) is 12.5. The zero-order chi connectivity index (χ0) is 13.5. The molecule has 0 bridgehead atoms. The molecule has 0 aliphatic rings. The Labute approximate surface area is 114 Å². The molecule has 0 atom stereocenters. The molecule has 0 aliphatic heterocycles. The highest BCUT2D eigenvalue weighted by molar-refractivity contribution is 7.99. The van der Waals surface area contributed by atoms with Crippen LogP contribution in [0.5, 0.6) is 5.75 Å².